The van der Waals surface area contributed by atoms with Gasteiger partial charge >= 0.3 is 0 Å². The zero-order valence-electron chi connectivity index (χ0n) is 11.4. The summed E-state index contributed by atoms with van der Waals surface area (Å²) in [5, 5.41) is 2.91. The first kappa shape index (κ1) is 14.9. The lowest BCUT2D eigenvalue weighted by molar-refractivity contribution is 1.15. The van der Waals surface area contributed by atoms with Gasteiger partial charge in [-0.1, -0.05) is 70.0 Å². The fraction of sp³-hybridized carbons (Fsp3) is 0.111. The summed E-state index contributed by atoms with van der Waals surface area (Å²) in [6, 6.07) is 18.3. The molecule has 1 unspecified atom stereocenters. The van der Waals surface area contributed by atoms with E-state index in [-0.39, 0.29) is 5.38 Å². The number of fused-ring (bicyclic) bond motifs is 1. The van der Waals surface area contributed by atoms with Gasteiger partial charge in [-0.05, 0) is 46.5 Å². The van der Waals surface area contributed by atoms with E-state index in [0.717, 1.165) is 26.2 Å². The number of hydrogen-bond acceptors (Lipinski definition) is 0. The normalized spacial score (nSPS) is 12.6. The van der Waals surface area contributed by atoms with Crippen LogP contribution in [0, 0.1) is 6.92 Å². The van der Waals surface area contributed by atoms with Crippen LogP contribution in [0.4, 0.5) is 0 Å². The van der Waals surface area contributed by atoms with Crippen molar-refractivity contribution in [3.63, 3.8) is 0 Å². The van der Waals surface area contributed by atoms with Crippen LogP contribution < -0.4 is 0 Å². The minimum absolute atomic E-state index is 0.195. The molecule has 0 heterocycles. The Morgan fingerprint density at radius 2 is 1.67 bits per heavy atom. The maximum atomic E-state index is 6.73. The second-order valence-corrected chi connectivity index (χ2v) is 6.75. The average molecular weight is 380 g/mol. The Hall–Kier alpha value is -1.02. The lowest BCUT2D eigenvalue weighted by Gasteiger charge is -2.15. The number of aryl methyl sites for hydroxylation is 1. The van der Waals surface area contributed by atoms with E-state index in [1.807, 2.05) is 31.2 Å². The van der Waals surface area contributed by atoms with Crippen LogP contribution in [0.25, 0.3) is 10.8 Å². The molecule has 3 rings (SSSR count). The predicted molar refractivity (Wildman–Crippen MR) is 95.5 cm³/mol. The summed E-state index contributed by atoms with van der Waals surface area (Å²) in [6.45, 7) is 2.00. The molecule has 0 saturated heterocycles. The van der Waals surface area contributed by atoms with E-state index in [4.69, 9.17) is 23.2 Å². The molecule has 0 nitrogen and oxygen atoms in total. The van der Waals surface area contributed by atoms with Crippen molar-refractivity contribution >= 4 is 49.9 Å². The van der Waals surface area contributed by atoms with Gasteiger partial charge < -0.3 is 0 Å². The first-order valence-electron chi connectivity index (χ1n) is 6.65. The molecule has 0 bridgehead atoms. The van der Waals surface area contributed by atoms with Gasteiger partial charge in [0.1, 0.15) is 0 Å². The molecular weight excluding hydrogens is 367 g/mol. The lowest BCUT2D eigenvalue weighted by atomic mass is 9.97. The predicted octanol–water partition coefficient (Wildman–Crippen LogP) is 6.89. The van der Waals surface area contributed by atoms with Gasteiger partial charge in [0.15, 0.2) is 0 Å². The van der Waals surface area contributed by atoms with Gasteiger partial charge in [-0.3, -0.25) is 0 Å². The monoisotopic (exact) mass is 378 g/mol. The molecule has 106 valence electrons. The molecule has 0 N–H and O–H groups in total. The van der Waals surface area contributed by atoms with Crippen LogP contribution in [0.3, 0.4) is 0 Å². The summed E-state index contributed by atoms with van der Waals surface area (Å²) in [5.41, 5.74) is 3.21. The van der Waals surface area contributed by atoms with Crippen LogP contribution in [0.15, 0.2) is 59.1 Å². The maximum Gasteiger partial charge on any atom is 0.0841 e. The SMILES string of the molecule is Cc1cc(C(Cl)c2ccc(Br)c3ccccc23)ccc1Cl. The third-order valence-electron chi connectivity index (χ3n) is 3.65. The molecule has 0 aliphatic carbocycles. The highest BCUT2D eigenvalue weighted by molar-refractivity contribution is 9.10. The molecular formula is C18H13BrCl2. The molecule has 3 aromatic rings. The Morgan fingerprint density at radius 1 is 0.952 bits per heavy atom. The molecule has 0 aromatic heterocycles. The minimum atomic E-state index is -0.195. The van der Waals surface area contributed by atoms with Crippen LogP contribution in [0.5, 0.6) is 0 Å². The zero-order chi connectivity index (χ0) is 15.0. The molecule has 0 radical (unpaired) electrons. The standard InChI is InChI=1S/C18H13BrCl2/c1-11-10-12(6-9-17(11)20)18(21)15-7-8-16(19)14-5-3-2-4-13(14)15/h2-10,18H,1H3. The van der Waals surface area contributed by atoms with E-state index in [1.54, 1.807) is 0 Å². The van der Waals surface area contributed by atoms with Crippen molar-refractivity contribution < 1.29 is 0 Å². The lowest BCUT2D eigenvalue weighted by Crippen LogP contribution is -1.96. The smallest absolute Gasteiger partial charge is 0.0841 e. The van der Waals surface area contributed by atoms with Gasteiger partial charge in [0.2, 0.25) is 0 Å². The van der Waals surface area contributed by atoms with E-state index in [1.165, 1.54) is 10.8 Å². The topological polar surface area (TPSA) is 0 Å². The minimum Gasteiger partial charge on any atom is -0.113 e. The summed E-state index contributed by atoms with van der Waals surface area (Å²) in [5.74, 6) is 0. The summed E-state index contributed by atoms with van der Waals surface area (Å²) in [4.78, 5) is 0. The number of hydrogen-bond donors (Lipinski definition) is 0. The summed E-state index contributed by atoms with van der Waals surface area (Å²) < 4.78 is 1.08. The first-order chi connectivity index (χ1) is 10.1. The van der Waals surface area contributed by atoms with Crippen LogP contribution in [0.1, 0.15) is 22.1 Å². The van der Waals surface area contributed by atoms with Crippen LogP contribution >= 0.6 is 39.1 Å². The van der Waals surface area contributed by atoms with Crippen LogP contribution in [-0.2, 0) is 0 Å². The number of benzene rings is 3. The highest BCUT2D eigenvalue weighted by Crippen LogP contribution is 2.37. The fourth-order valence-corrected chi connectivity index (χ4v) is 3.43. The van der Waals surface area contributed by atoms with E-state index in [9.17, 15) is 0 Å². The van der Waals surface area contributed by atoms with Crippen molar-refractivity contribution in [1.29, 1.82) is 0 Å². The van der Waals surface area contributed by atoms with Crippen molar-refractivity contribution in [2.24, 2.45) is 0 Å². The molecule has 3 heteroatoms. The Kier molecular flexibility index (Phi) is 4.26. The van der Waals surface area contributed by atoms with Gasteiger partial charge in [0, 0.05) is 9.50 Å². The Balaban J connectivity index is 2.15. The highest BCUT2D eigenvalue weighted by Gasteiger charge is 2.15. The van der Waals surface area contributed by atoms with Crippen LogP contribution in [0.2, 0.25) is 5.02 Å². The zero-order valence-corrected chi connectivity index (χ0v) is 14.5. The molecule has 0 aliphatic heterocycles. The van der Waals surface area contributed by atoms with Gasteiger partial charge in [-0.15, -0.1) is 11.6 Å². The summed E-state index contributed by atoms with van der Waals surface area (Å²) in [7, 11) is 0. The number of halogens is 3. The summed E-state index contributed by atoms with van der Waals surface area (Å²) in [6.07, 6.45) is 0. The number of alkyl halides is 1. The molecule has 0 spiro atoms. The second kappa shape index (κ2) is 6.00. The molecule has 1 atom stereocenters. The largest absolute Gasteiger partial charge is 0.113 e. The Morgan fingerprint density at radius 3 is 2.38 bits per heavy atom. The van der Waals surface area contributed by atoms with Crippen molar-refractivity contribution in [2.45, 2.75) is 12.3 Å². The number of rotatable bonds is 2. The van der Waals surface area contributed by atoms with Crippen molar-refractivity contribution in [3.05, 3.63) is 80.8 Å². The molecule has 21 heavy (non-hydrogen) atoms. The fourth-order valence-electron chi connectivity index (χ4n) is 2.51. The summed E-state index contributed by atoms with van der Waals surface area (Å²) >= 11 is 16.4. The third kappa shape index (κ3) is 2.83. The molecule has 0 amide bonds. The van der Waals surface area contributed by atoms with E-state index < -0.39 is 0 Å². The van der Waals surface area contributed by atoms with Gasteiger partial charge in [-0.2, -0.15) is 0 Å². The van der Waals surface area contributed by atoms with Crippen molar-refractivity contribution in [2.75, 3.05) is 0 Å². The van der Waals surface area contributed by atoms with Gasteiger partial charge in [0.05, 0.1) is 5.38 Å². The van der Waals surface area contributed by atoms with E-state index >= 15 is 0 Å². The third-order valence-corrected chi connectivity index (χ3v) is 5.25. The van der Waals surface area contributed by atoms with E-state index in [2.05, 4.69) is 46.3 Å². The molecule has 0 aliphatic rings. The quantitative estimate of drug-likeness (QED) is 0.425. The Bertz CT molecular complexity index is 811. The maximum absolute atomic E-state index is 6.73. The second-order valence-electron chi connectivity index (χ2n) is 5.05. The molecule has 3 aromatic carbocycles. The van der Waals surface area contributed by atoms with Gasteiger partial charge in [-0.25, -0.2) is 0 Å². The van der Waals surface area contributed by atoms with Crippen molar-refractivity contribution in [1.82, 2.24) is 0 Å². The van der Waals surface area contributed by atoms with E-state index in [0.29, 0.717) is 0 Å². The Labute approximate surface area is 142 Å². The molecule has 0 saturated carbocycles. The van der Waals surface area contributed by atoms with Gasteiger partial charge in [0.25, 0.3) is 0 Å². The average Bonchev–Trinajstić information content (AvgIpc) is 2.50. The highest BCUT2D eigenvalue weighted by atomic mass is 79.9. The first-order valence-corrected chi connectivity index (χ1v) is 8.26. The van der Waals surface area contributed by atoms with Crippen LogP contribution in [-0.4, -0.2) is 0 Å². The molecule has 0 fully saturated rings. The van der Waals surface area contributed by atoms with Crippen molar-refractivity contribution in [3.8, 4) is 0 Å².